The van der Waals surface area contributed by atoms with E-state index in [1.54, 1.807) is 24.3 Å². The van der Waals surface area contributed by atoms with Crippen LogP contribution in [-0.2, 0) is 0 Å². The second-order valence-corrected chi connectivity index (χ2v) is 5.58. The van der Waals surface area contributed by atoms with E-state index in [9.17, 15) is 26.3 Å². The molecule has 0 atom stereocenters. The van der Waals surface area contributed by atoms with E-state index in [-0.39, 0.29) is 5.56 Å². The van der Waals surface area contributed by atoms with Gasteiger partial charge in [0.25, 0.3) is 0 Å². The van der Waals surface area contributed by atoms with Crippen molar-refractivity contribution >= 4 is 0 Å². The quantitative estimate of drug-likeness (QED) is 0.525. The van der Waals surface area contributed by atoms with Crippen molar-refractivity contribution in [2.45, 2.75) is 12.7 Å². The van der Waals surface area contributed by atoms with Gasteiger partial charge in [0.1, 0.15) is 5.75 Å². The highest BCUT2D eigenvalue weighted by molar-refractivity contribution is 5.66. The minimum Gasteiger partial charge on any atom is -0.497 e. The van der Waals surface area contributed by atoms with Crippen molar-refractivity contribution in [1.82, 2.24) is 9.78 Å². The predicted molar refractivity (Wildman–Crippen MR) is 88.9 cm³/mol. The molecule has 0 aliphatic carbocycles. The van der Waals surface area contributed by atoms with Crippen molar-refractivity contribution < 1.29 is 40.6 Å². The molecule has 29 heavy (non-hydrogen) atoms. The molecule has 0 aliphatic heterocycles. The minimum absolute atomic E-state index is 0.132. The first-order valence-electron chi connectivity index (χ1n) is 7.90. The number of aromatic nitrogens is 2. The molecule has 11 heteroatoms. The standard InChI is InChI=1S/C18H12F6N2O3/c1-27-13-5-3-12(4-6-13)26-14(8-9-25-26)11-2-7-15(28-17(19,20)21)16(10-11)29-18(22,23)24/h2-10H,1H3. The lowest BCUT2D eigenvalue weighted by Gasteiger charge is -2.16. The molecule has 0 unspecified atom stereocenters. The number of alkyl halides is 6. The summed E-state index contributed by atoms with van der Waals surface area (Å²) in [5.41, 5.74) is 1.01. The van der Waals surface area contributed by atoms with Crippen LogP contribution in [0, 0.1) is 0 Å². The Morgan fingerprint density at radius 1 is 0.793 bits per heavy atom. The van der Waals surface area contributed by atoms with Gasteiger partial charge in [-0.25, -0.2) is 4.68 Å². The van der Waals surface area contributed by atoms with Crippen LogP contribution in [0.15, 0.2) is 54.7 Å². The van der Waals surface area contributed by atoms with Crippen LogP contribution in [0.5, 0.6) is 17.2 Å². The fourth-order valence-corrected chi connectivity index (χ4v) is 2.53. The number of hydrogen-bond donors (Lipinski definition) is 0. The van der Waals surface area contributed by atoms with Gasteiger partial charge in [0.15, 0.2) is 11.5 Å². The molecule has 0 saturated heterocycles. The Hall–Kier alpha value is -3.37. The SMILES string of the molecule is COc1ccc(-n2nccc2-c2ccc(OC(F)(F)F)c(OC(F)(F)F)c2)cc1. The Labute approximate surface area is 160 Å². The summed E-state index contributed by atoms with van der Waals surface area (Å²) in [5, 5.41) is 4.11. The van der Waals surface area contributed by atoms with E-state index in [2.05, 4.69) is 14.6 Å². The minimum atomic E-state index is -5.21. The van der Waals surface area contributed by atoms with Crippen LogP contribution in [0.4, 0.5) is 26.3 Å². The van der Waals surface area contributed by atoms with Crippen molar-refractivity contribution in [2.24, 2.45) is 0 Å². The first-order chi connectivity index (χ1) is 13.6. The number of nitrogens with zero attached hydrogens (tertiary/aromatic N) is 2. The van der Waals surface area contributed by atoms with Crippen molar-refractivity contribution in [3.8, 4) is 34.2 Å². The van der Waals surface area contributed by atoms with E-state index in [0.717, 1.165) is 12.1 Å². The van der Waals surface area contributed by atoms with Gasteiger partial charge in [0.2, 0.25) is 0 Å². The van der Waals surface area contributed by atoms with Crippen molar-refractivity contribution in [2.75, 3.05) is 7.11 Å². The number of methoxy groups -OCH3 is 1. The Morgan fingerprint density at radius 3 is 2.00 bits per heavy atom. The zero-order valence-corrected chi connectivity index (χ0v) is 14.6. The molecule has 0 radical (unpaired) electrons. The molecule has 0 bridgehead atoms. The Balaban J connectivity index is 2.03. The molecule has 0 spiro atoms. The Morgan fingerprint density at radius 2 is 1.41 bits per heavy atom. The molecule has 3 rings (SSSR count). The molecular formula is C18H12F6N2O3. The van der Waals surface area contributed by atoms with E-state index in [1.165, 1.54) is 30.1 Å². The van der Waals surface area contributed by atoms with Gasteiger partial charge in [-0.05, 0) is 48.5 Å². The normalized spacial score (nSPS) is 12.0. The third kappa shape index (κ3) is 5.12. The molecule has 0 saturated carbocycles. The van der Waals surface area contributed by atoms with E-state index < -0.39 is 24.2 Å². The van der Waals surface area contributed by atoms with Gasteiger partial charge in [-0.3, -0.25) is 0 Å². The number of rotatable bonds is 5. The number of halogens is 6. The van der Waals surface area contributed by atoms with E-state index in [4.69, 9.17) is 4.74 Å². The van der Waals surface area contributed by atoms with Crippen LogP contribution in [0.2, 0.25) is 0 Å². The molecule has 154 valence electrons. The molecule has 3 aromatic rings. The van der Waals surface area contributed by atoms with E-state index >= 15 is 0 Å². The molecule has 1 aromatic heterocycles. The molecular weight excluding hydrogens is 406 g/mol. The van der Waals surface area contributed by atoms with Crippen molar-refractivity contribution in [1.29, 1.82) is 0 Å². The molecule has 0 amide bonds. The smallest absolute Gasteiger partial charge is 0.497 e. The topological polar surface area (TPSA) is 45.5 Å². The second-order valence-electron chi connectivity index (χ2n) is 5.58. The van der Waals surface area contributed by atoms with Crippen LogP contribution in [0.1, 0.15) is 0 Å². The van der Waals surface area contributed by atoms with Gasteiger partial charge >= 0.3 is 12.7 Å². The fourth-order valence-electron chi connectivity index (χ4n) is 2.53. The maximum atomic E-state index is 12.7. The summed E-state index contributed by atoms with van der Waals surface area (Å²) in [7, 11) is 1.49. The second kappa shape index (κ2) is 7.57. The third-order valence-electron chi connectivity index (χ3n) is 3.65. The maximum absolute atomic E-state index is 12.7. The monoisotopic (exact) mass is 418 g/mol. The lowest BCUT2D eigenvalue weighted by atomic mass is 10.1. The van der Waals surface area contributed by atoms with E-state index in [1.807, 2.05) is 0 Å². The molecule has 5 nitrogen and oxygen atoms in total. The highest BCUT2D eigenvalue weighted by Crippen LogP contribution is 2.39. The zero-order valence-electron chi connectivity index (χ0n) is 14.6. The maximum Gasteiger partial charge on any atom is 0.573 e. The average molecular weight is 418 g/mol. The van der Waals surface area contributed by atoms with Crippen LogP contribution in [0.25, 0.3) is 16.9 Å². The highest BCUT2D eigenvalue weighted by atomic mass is 19.4. The zero-order chi connectivity index (χ0) is 21.2. The van der Waals surface area contributed by atoms with Crippen LogP contribution >= 0.6 is 0 Å². The summed E-state index contributed by atoms with van der Waals surface area (Å²) >= 11 is 0. The Bertz CT molecular complexity index is 980. The number of benzene rings is 2. The fraction of sp³-hybridized carbons (Fsp3) is 0.167. The lowest BCUT2D eigenvalue weighted by molar-refractivity contribution is -0.287. The first kappa shape index (κ1) is 20.4. The molecule has 2 aromatic carbocycles. The highest BCUT2D eigenvalue weighted by Gasteiger charge is 2.36. The lowest BCUT2D eigenvalue weighted by Crippen LogP contribution is -2.21. The molecule has 1 heterocycles. The summed E-state index contributed by atoms with van der Waals surface area (Å²) in [5.74, 6) is -1.67. The Kier molecular flexibility index (Phi) is 5.31. The summed E-state index contributed by atoms with van der Waals surface area (Å²) in [4.78, 5) is 0. The number of ether oxygens (including phenoxy) is 3. The predicted octanol–water partition coefficient (Wildman–Crippen LogP) is 5.35. The largest absolute Gasteiger partial charge is 0.573 e. The van der Waals surface area contributed by atoms with Crippen molar-refractivity contribution in [3.05, 3.63) is 54.7 Å². The summed E-state index contributed by atoms with van der Waals surface area (Å²) in [6.07, 6.45) is -9.00. The summed E-state index contributed by atoms with van der Waals surface area (Å²) in [6, 6.07) is 10.8. The molecule has 0 fully saturated rings. The third-order valence-corrected chi connectivity index (χ3v) is 3.65. The average Bonchev–Trinajstić information content (AvgIpc) is 3.10. The van der Waals surface area contributed by atoms with Gasteiger partial charge in [-0.1, -0.05) is 0 Å². The van der Waals surface area contributed by atoms with Crippen LogP contribution in [0.3, 0.4) is 0 Å². The summed E-state index contributed by atoms with van der Waals surface area (Å²) < 4.78 is 89.3. The van der Waals surface area contributed by atoms with Gasteiger partial charge < -0.3 is 14.2 Å². The summed E-state index contributed by atoms with van der Waals surface area (Å²) in [6.45, 7) is 0. The first-order valence-corrected chi connectivity index (χ1v) is 7.90. The van der Waals surface area contributed by atoms with Gasteiger partial charge in [0.05, 0.1) is 24.7 Å². The van der Waals surface area contributed by atoms with Gasteiger partial charge in [0, 0.05) is 5.56 Å². The van der Waals surface area contributed by atoms with E-state index in [0.29, 0.717) is 17.1 Å². The molecule has 0 aliphatic rings. The number of hydrogen-bond acceptors (Lipinski definition) is 4. The van der Waals surface area contributed by atoms with Crippen LogP contribution in [-0.4, -0.2) is 29.6 Å². The van der Waals surface area contributed by atoms with Gasteiger partial charge in [-0.15, -0.1) is 26.3 Å². The van der Waals surface area contributed by atoms with Gasteiger partial charge in [-0.2, -0.15) is 5.10 Å². The molecule has 0 N–H and O–H groups in total. The van der Waals surface area contributed by atoms with Crippen molar-refractivity contribution in [3.63, 3.8) is 0 Å². The van der Waals surface area contributed by atoms with Crippen LogP contribution < -0.4 is 14.2 Å².